The zero-order valence-corrected chi connectivity index (χ0v) is 16.6. The average molecular weight is 451 g/mol. The van der Waals surface area contributed by atoms with E-state index >= 15 is 0 Å². The number of carbonyl (C=O) groups is 1. The molecule has 0 aliphatic carbocycles. The minimum absolute atomic E-state index is 0.0654. The zero-order valence-electron chi connectivity index (χ0n) is 13.3. The Kier molecular flexibility index (Phi) is 5.40. The Morgan fingerprint density at radius 1 is 1.27 bits per heavy atom. The van der Waals surface area contributed by atoms with E-state index in [9.17, 15) is 14.9 Å². The van der Waals surface area contributed by atoms with Crippen LogP contribution in [0.2, 0.25) is 0 Å². The number of anilines is 1. The Labute approximate surface area is 167 Å². The number of nitro groups is 1. The van der Waals surface area contributed by atoms with Crippen LogP contribution in [0.1, 0.15) is 5.56 Å². The number of hydrogen-bond donors (Lipinski definition) is 0. The van der Waals surface area contributed by atoms with Crippen LogP contribution in [-0.2, 0) is 4.79 Å². The van der Waals surface area contributed by atoms with Gasteiger partial charge in [0.25, 0.3) is 11.6 Å². The number of rotatable bonds is 4. The molecular formula is C17H11BrN2O4S2. The maximum absolute atomic E-state index is 12.7. The molecule has 1 heterocycles. The lowest BCUT2D eigenvalue weighted by Gasteiger charge is -2.14. The summed E-state index contributed by atoms with van der Waals surface area (Å²) in [5.74, 6) is 0.410. The number of halogens is 1. The first-order valence-corrected chi connectivity index (χ1v) is 9.28. The van der Waals surface area contributed by atoms with Gasteiger partial charge >= 0.3 is 0 Å². The molecule has 0 radical (unpaired) electrons. The standard InChI is InChI=1S/C17H11BrN2O4S2/c1-24-12-5-3-11(4-6-12)19-16(21)15(26-17(19)25)9-10-2-7-13(18)14(8-10)20(22)23/h2-9H,1H3. The molecule has 0 atom stereocenters. The number of hydrogen-bond acceptors (Lipinski definition) is 6. The average Bonchev–Trinajstić information content (AvgIpc) is 2.90. The predicted octanol–water partition coefficient (Wildman–Crippen LogP) is 4.77. The summed E-state index contributed by atoms with van der Waals surface area (Å²) in [6.07, 6.45) is 1.60. The molecule has 1 fully saturated rings. The van der Waals surface area contributed by atoms with Gasteiger partial charge in [0.05, 0.1) is 27.1 Å². The molecule has 0 aromatic heterocycles. The first-order valence-electron chi connectivity index (χ1n) is 7.26. The second-order valence-corrected chi connectivity index (χ2v) is 7.71. The number of carbonyl (C=O) groups excluding carboxylic acids is 1. The normalized spacial score (nSPS) is 15.6. The fourth-order valence-electron chi connectivity index (χ4n) is 2.33. The van der Waals surface area contributed by atoms with Crippen molar-refractivity contribution >= 4 is 67.6 Å². The number of methoxy groups -OCH3 is 1. The summed E-state index contributed by atoms with van der Waals surface area (Å²) in [5, 5.41) is 11.1. The van der Waals surface area contributed by atoms with E-state index in [1.54, 1.807) is 49.6 Å². The van der Waals surface area contributed by atoms with Crippen molar-refractivity contribution in [1.29, 1.82) is 0 Å². The van der Waals surface area contributed by atoms with Gasteiger partial charge in [-0.1, -0.05) is 30.0 Å². The highest BCUT2D eigenvalue weighted by Gasteiger charge is 2.33. The molecule has 0 N–H and O–H groups in total. The van der Waals surface area contributed by atoms with E-state index in [2.05, 4.69) is 15.9 Å². The minimum atomic E-state index is -0.482. The van der Waals surface area contributed by atoms with E-state index < -0.39 is 4.92 Å². The third kappa shape index (κ3) is 3.64. The molecule has 2 aromatic rings. The highest BCUT2D eigenvalue weighted by atomic mass is 79.9. The molecule has 0 saturated carbocycles. The lowest BCUT2D eigenvalue weighted by atomic mass is 10.2. The first-order chi connectivity index (χ1) is 12.4. The van der Waals surface area contributed by atoms with E-state index in [4.69, 9.17) is 17.0 Å². The monoisotopic (exact) mass is 450 g/mol. The summed E-state index contributed by atoms with van der Waals surface area (Å²) < 4.78 is 5.90. The molecule has 1 aliphatic heterocycles. The second kappa shape index (κ2) is 7.56. The maximum Gasteiger partial charge on any atom is 0.284 e. The number of nitro benzene ring substituents is 1. The second-order valence-electron chi connectivity index (χ2n) is 5.18. The van der Waals surface area contributed by atoms with Gasteiger partial charge < -0.3 is 4.74 Å². The number of amides is 1. The van der Waals surface area contributed by atoms with Crippen LogP contribution in [0.25, 0.3) is 6.08 Å². The highest BCUT2D eigenvalue weighted by Crippen LogP contribution is 2.37. The maximum atomic E-state index is 12.7. The summed E-state index contributed by atoms with van der Waals surface area (Å²) in [6, 6.07) is 11.7. The molecule has 0 spiro atoms. The van der Waals surface area contributed by atoms with Gasteiger partial charge in [0, 0.05) is 6.07 Å². The topological polar surface area (TPSA) is 72.7 Å². The first kappa shape index (κ1) is 18.6. The Bertz CT molecular complexity index is 944. The number of thiocarbonyl (C=S) groups is 1. The van der Waals surface area contributed by atoms with Crippen molar-refractivity contribution < 1.29 is 14.5 Å². The molecule has 6 nitrogen and oxygen atoms in total. The van der Waals surface area contributed by atoms with E-state index in [1.807, 2.05) is 0 Å². The molecule has 26 heavy (non-hydrogen) atoms. The molecular weight excluding hydrogens is 440 g/mol. The molecule has 0 bridgehead atoms. The van der Waals surface area contributed by atoms with Gasteiger partial charge in [-0.2, -0.15) is 0 Å². The molecule has 2 aromatic carbocycles. The lowest BCUT2D eigenvalue weighted by Crippen LogP contribution is -2.27. The van der Waals surface area contributed by atoms with Gasteiger partial charge in [-0.15, -0.1) is 0 Å². The van der Waals surface area contributed by atoms with Gasteiger partial charge in [0.15, 0.2) is 4.32 Å². The van der Waals surface area contributed by atoms with Crippen molar-refractivity contribution in [2.75, 3.05) is 12.0 Å². The SMILES string of the molecule is COc1ccc(N2C(=O)C(=Cc3ccc(Br)c([N+](=O)[O-])c3)SC2=S)cc1. The molecule has 1 aliphatic rings. The van der Waals surface area contributed by atoms with Crippen LogP contribution in [0.5, 0.6) is 5.75 Å². The van der Waals surface area contributed by atoms with Gasteiger partial charge in [-0.05, 0) is 57.9 Å². The Hall–Kier alpha value is -2.23. The lowest BCUT2D eigenvalue weighted by molar-refractivity contribution is -0.385. The van der Waals surface area contributed by atoms with Crippen LogP contribution in [0, 0.1) is 10.1 Å². The number of thioether (sulfide) groups is 1. The Balaban J connectivity index is 1.92. The molecule has 9 heteroatoms. The summed E-state index contributed by atoms with van der Waals surface area (Å²) in [5.41, 5.74) is 1.12. The van der Waals surface area contributed by atoms with E-state index in [1.165, 1.54) is 11.0 Å². The number of benzene rings is 2. The van der Waals surface area contributed by atoms with Crippen LogP contribution in [-0.4, -0.2) is 22.3 Å². The van der Waals surface area contributed by atoms with Crippen LogP contribution < -0.4 is 9.64 Å². The van der Waals surface area contributed by atoms with Crippen LogP contribution in [0.3, 0.4) is 0 Å². The van der Waals surface area contributed by atoms with Crippen molar-refractivity contribution in [2.24, 2.45) is 0 Å². The van der Waals surface area contributed by atoms with E-state index in [0.717, 1.165) is 11.8 Å². The Morgan fingerprint density at radius 3 is 2.58 bits per heavy atom. The minimum Gasteiger partial charge on any atom is -0.497 e. The molecule has 1 amide bonds. The van der Waals surface area contributed by atoms with Crippen molar-refractivity contribution in [3.8, 4) is 5.75 Å². The molecule has 132 valence electrons. The smallest absolute Gasteiger partial charge is 0.284 e. The quantitative estimate of drug-likeness (QED) is 0.289. The molecule has 1 saturated heterocycles. The molecule has 0 unspecified atom stereocenters. The summed E-state index contributed by atoms with van der Waals surface area (Å²) >= 11 is 9.62. The van der Waals surface area contributed by atoms with Gasteiger partial charge in [0.1, 0.15) is 5.75 Å². The van der Waals surface area contributed by atoms with Crippen molar-refractivity contribution in [2.45, 2.75) is 0 Å². The largest absolute Gasteiger partial charge is 0.497 e. The summed E-state index contributed by atoms with van der Waals surface area (Å²) in [6.45, 7) is 0. The van der Waals surface area contributed by atoms with Crippen LogP contribution in [0.4, 0.5) is 11.4 Å². The fraction of sp³-hybridized carbons (Fsp3) is 0.0588. The molecule has 3 rings (SSSR count). The third-order valence-corrected chi connectivity index (χ3v) is 5.56. The highest BCUT2D eigenvalue weighted by molar-refractivity contribution is 9.10. The van der Waals surface area contributed by atoms with E-state index in [-0.39, 0.29) is 11.6 Å². The van der Waals surface area contributed by atoms with Crippen LogP contribution >= 0.6 is 39.9 Å². The van der Waals surface area contributed by atoms with Crippen LogP contribution in [0.15, 0.2) is 51.8 Å². The van der Waals surface area contributed by atoms with Gasteiger partial charge in [-0.25, -0.2) is 0 Å². The predicted molar refractivity (Wildman–Crippen MR) is 109 cm³/mol. The van der Waals surface area contributed by atoms with Gasteiger partial charge in [-0.3, -0.25) is 19.8 Å². The van der Waals surface area contributed by atoms with Crippen molar-refractivity contribution in [1.82, 2.24) is 0 Å². The van der Waals surface area contributed by atoms with Crippen molar-refractivity contribution in [3.05, 3.63) is 67.5 Å². The summed E-state index contributed by atoms with van der Waals surface area (Å²) in [7, 11) is 1.56. The number of nitrogens with zero attached hydrogens (tertiary/aromatic N) is 2. The summed E-state index contributed by atoms with van der Waals surface area (Å²) in [4.78, 5) is 25.1. The van der Waals surface area contributed by atoms with Gasteiger partial charge in [0.2, 0.25) is 0 Å². The third-order valence-electron chi connectivity index (χ3n) is 3.59. The Morgan fingerprint density at radius 2 is 1.96 bits per heavy atom. The van der Waals surface area contributed by atoms with Crippen molar-refractivity contribution in [3.63, 3.8) is 0 Å². The zero-order chi connectivity index (χ0) is 18.8. The van der Waals surface area contributed by atoms with E-state index in [0.29, 0.717) is 30.7 Å². The fourth-order valence-corrected chi connectivity index (χ4v) is 4.02. The number of ether oxygens (including phenoxy) is 1.